The molecule has 2 aromatic carbocycles. The van der Waals surface area contributed by atoms with E-state index in [1.165, 1.54) is 4.90 Å². The Hall–Kier alpha value is -4.09. The van der Waals surface area contributed by atoms with Crippen molar-refractivity contribution in [3.8, 4) is 0 Å². The van der Waals surface area contributed by atoms with E-state index in [9.17, 15) is 19.5 Å². The van der Waals surface area contributed by atoms with E-state index < -0.39 is 24.6 Å². The van der Waals surface area contributed by atoms with Crippen LogP contribution in [0.4, 0.5) is 0 Å². The summed E-state index contributed by atoms with van der Waals surface area (Å²) in [5, 5.41) is 17.0. The molecule has 3 unspecified atom stereocenters. The molecule has 0 radical (unpaired) electrons. The number of piperazine rings is 1. The van der Waals surface area contributed by atoms with Crippen molar-refractivity contribution < 1.29 is 24.2 Å². The van der Waals surface area contributed by atoms with Gasteiger partial charge in [-0.05, 0) is 23.6 Å². The maximum Gasteiger partial charge on any atom is 0.305 e. The molecular formula is C33H39N5O5. The lowest BCUT2D eigenvalue weighted by molar-refractivity contribution is -0.208. The number of ether oxygens (including phenoxy) is 1. The Bertz CT molecular complexity index is 1380. The standard InChI is InChI=1S/C33H39N5O5/c1-4-6-15-24(5-2)26(25-16-11-8-12-17-25)20-36-21-28-37(27(32(36)42)18-30(40)41)29(39)22-35(3)38(28)33-31(43-33)34-19-23-13-9-7-10-14-23/h4-17,26-28,31,33-34H,1,18-22H2,2-3H3,(H,40,41)/b15-6-,24-5+/t26?,27-,28-,31?,33?/m0/s1. The molecule has 2 amide bonds. The normalized spacial score (nSPS) is 25.6. The number of carbonyl (C=O) groups excluding carboxylic acids is 2. The lowest BCUT2D eigenvalue weighted by Gasteiger charge is -2.54. The largest absolute Gasteiger partial charge is 0.481 e. The highest BCUT2D eigenvalue weighted by molar-refractivity contribution is 5.93. The van der Waals surface area contributed by atoms with Crippen LogP contribution in [0.5, 0.6) is 0 Å². The number of aliphatic carboxylic acids is 1. The fourth-order valence-corrected chi connectivity index (χ4v) is 6.10. The number of fused-ring (bicyclic) bond motifs is 1. The number of carboxylic acids is 1. The Labute approximate surface area is 252 Å². The zero-order chi connectivity index (χ0) is 30.5. The zero-order valence-electron chi connectivity index (χ0n) is 24.6. The quantitative estimate of drug-likeness (QED) is 0.289. The van der Waals surface area contributed by atoms with E-state index in [-0.39, 0.29) is 43.3 Å². The van der Waals surface area contributed by atoms with Crippen LogP contribution in [0.15, 0.2) is 97.1 Å². The molecule has 3 heterocycles. The average molecular weight is 586 g/mol. The summed E-state index contributed by atoms with van der Waals surface area (Å²) in [6.45, 7) is 6.91. The zero-order valence-corrected chi connectivity index (χ0v) is 24.6. The van der Waals surface area contributed by atoms with E-state index in [2.05, 4.69) is 11.9 Å². The van der Waals surface area contributed by atoms with Crippen molar-refractivity contribution in [2.24, 2.45) is 0 Å². The monoisotopic (exact) mass is 585 g/mol. The molecule has 0 spiro atoms. The average Bonchev–Trinajstić information content (AvgIpc) is 3.77. The first-order chi connectivity index (χ1) is 20.8. The van der Waals surface area contributed by atoms with Gasteiger partial charge >= 0.3 is 5.97 Å². The molecule has 3 fully saturated rings. The van der Waals surface area contributed by atoms with Crippen molar-refractivity contribution in [3.05, 3.63) is 108 Å². The van der Waals surface area contributed by atoms with Gasteiger partial charge in [-0.2, -0.15) is 5.01 Å². The maximum absolute atomic E-state index is 14.0. The van der Waals surface area contributed by atoms with Crippen LogP contribution in [0.1, 0.15) is 30.4 Å². The smallest absolute Gasteiger partial charge is 0.305 e. The van der Waals surface area contributed by atoms with Gasteiger partial charge in [-0.1, -0.05) is 91.5 Å². The fraction of sp³-hybridized carbons (Fsp3) is 0.364. The number of nitrogens with zero attached hydrogens (tertiary/aromatic N) is 4. The number of epoxide rings is 1. The number of amides is 2. The summed E-state index contributed by atoms with van der Waals surface area (Å²) in [5.74, 6) is -1.95. The molecule has 2 N–H and O–H groups in total. The van der Waals surface area contributed by atoms with E-state index >= 15 is 0 Å². The molecule has 0 aromatic heterocycles. The van der Waals surface area contributed by atoms with Crippen molar-refractivity contribution in [1.82, 2.24) is 25.1 Å². The molecule has 226 valence electrons. The van der Waals surface area contributed by atoms with Gasteiger partial charge < -0.3 is 19.6 Å². The van der Waals surface area contributed by atoms with E-state index in [1.807, 2.05) is 103 Å². The molecule has 0 saturated carbocycles. The number of hydrazine groups is 1. The molecule has 10 heteroatoms. The second-order valence-electron chi connectivity index (χ2n) is 11.0. The summed E-state index contributed by atoms with van der Waals surface area (Å²) in [6, 6.07) is 18.8. The molecular weight excluding hydrogens is 546 g/mol. The summed E-state index contributed by atoms with van der Waals surface area (Å²) >= 11 is 0. The van der Waals surface area contributed by atoms with Gasteiger partial charge in [0.1, 0.15) is 12.2 Å². The third-order valence-corrected chi connectivity index (χ3v) is 8.20. The minimum absolute atomic E-state index is 0.0207. The first-order valence-electron chi connectivity index (χ1n) is 14.6. The van der Waals surface area contributed by atoms with Gasteiger partial charge in [0.2, 0.25) is 11.8 Å². The summed E-state index contributed by atoms with van der Waals surface area (Å²) in [5.41, 5.74) is 3.15. The summed E-state index contributed by atoms with van der Waals surface area (Å²) in [6.07, 6.45) is 5.84. The fourth-order valence-electron chi connectivity index (χ4n) is 6.10. The van der Waals surface area contributed by atoms with E-state index in [1.54, 1.807) is 11.0 Å². The van der Waals surface area contributed by atoms with Crippen molar-refractivity contribution in [3.63, 3.8) is 0 Å². The number of carbonyl (C=O) groups is 3. The molecule has 43 heavy (non-hydrogen) atoms. The Balaban J connectivity index is 1.43. The van der Waals surface area contributed by atoms with Crippen LogP contribution >= 0.6 is 0 Å². The second-order valence-corrected chi connectivity index (χ2v) is 11.0. The first kappa shape index (κ1) is 30.4. The van der Waals surface area contributed by atoms with Crippen LogP contribution in [0, 0.1) is 0 Å². The van der Waals surface area contributed by atoms with Crippen LogP contribution in [-0.4, -0.2) is 94.1 Å². The van der Waals surface area contributed by atoms with Crippen LogP contribution in [0.3, 0.4) is 0 Å². The van der Waals surface area contributed by atoms with E-state index in [4.69, 9.17) is 4.74 Å². The van der Waals surface area contributed by atoms with Crippen LogP contribution < -0.4 is 5.32 Å². The number of likely N-dealkylation sites (N-methyl/N-ethyl adjacent to an activating group) is 1. The number of carboxylic acid groups (broad SMARTS) is 1. The highest BCUT2D eigenvalue weighted by Crippen LogP contribution is 2.36. The van der Waals surface area contributed by atoms with Gasteiger partial charge in [0.25, 0.3) is 0 Å². The highest BCUT2D eigenvalue weighted by Gasteiger charge is 2.57. The molecule has 10 nitrogen and oxygen atoms in total. The number of allylic oxidation sites excluding steroid dienone is 4. The molecule has 3 saturated heterocycles. The number of rotatable bonds is 12. The number of hydrogen-bond donors (Lipinski definition) is 2. The second kappa shape index (κ2) is 13.5. The highest BCUT2D eigenvalue weighted by atomic mass is 16.6. The topological polar surface area (TPSA) is 109 Å². The Kier molecular flexibility index (Phi) is 9.52. The maximum atomic E-state index is 14.0. The number of benzene rings is 2. The van der Waals surface area contributed by atoms with Gasteiger partial charge in [-0.15, -0.1) is 0 Å². The lowest BCUT2D eigenvalue weighted by atomic mass is 9.89. The van der Waals surface area contributed by atoms with Crippen molar-refractivity contribution in [2.45, 2.75) is 50.5 Å². The summed E-state index contributed by atoms with van der Waals surface area (Å²) in [7, 11) is 1.82. The van der Waals surface area contributed by atoms with Gasteiger partial charge in [-0.25, -0.2) is 5.01 Å². The molecule has 5 atom stereocenters. The first-order valence-corrected chi connectivity index (χ1v) is 14.6. The van der Waals surface area contributed by atoms with E-state index in [0.717, 1.165) is 16.7 Å². The minimum Gasteiger partial charge on any atom is -0.481 e. The van der Waals surface area contributed by atoms with Gasteiger partial charge in [0.15, 0.2) is 12.5 Å². The van der Waals surface area contributed by atoms with E-state index in [0.29, 0.717) is 13.1 Å². The molecule has 5 rings (SSSR count). The molecule has 0 aliphatic carbocycles. The predicted octanol–water partition coefficient (Wildman–Crippen LogP) is 2.93. The molecule has 3 aliphatic rings. The van der Waals surface area contributed by atoms with Crippen molar-refractivity contribution in [2.75, 3.05) is 26.7 Å². The van der Waals surface area contributed by atoms with Gasteiger partial charge in [0.05, 0.1) is 19.5 Å². The molecule has 2 aromatic rings. The third kappa shape index (κ3) is 6.78. The Morgan fingerprint density at radius 2 is 1.84 bits per heavy atom. The minimum atomic E-state index is -1.13. The summed E-state index contributed by atoms with van der Waals surface area (Å²) in [4.78, 5) is 42.5. The van der Waals surface area contributed by atoms with Crippen molar-refractivity contribution >= 4 is 17.8 Å². The lowest BCUT2D eigenvalue weighted by Crippen LogP contribution is -2.75. The van der Waals surface area contributed by atoms with Crippen molar-refractivity contribution in [1.29, 1.82) is 0 Å². The SMILES string of the molecule is C=C/C=C\C(=C/C)C(CN1C[C@H]2N(C(=O)CN(C)N2C2OC2NCc2ccccc2)[C@@H](CC(=O)O)C1=O)c1ccccc1. The Morgan fingerprint density at radius 1 is 1.14 bits per heavy atom. The Morgan fingerprint density at radius 3 is 2.49 bits per heavy atom. The molecule has 0 bridgehead atoms. The third-order valence-electron chi connectivity index (χ3n) is 8.20. The predicted molar refractivity (Wildman–Crippen MR) is 162 cm³/mol. The van der Waals surface area contributed by atoms with Gasteiger partial charge in [0, 0.05) is 26.1 Å². The summed E-state index contributed by atoms with van der Waals surface area (Å²) < 4.78 is 6.05. The number of nitrogens with one attached hydrogen (secondary N) is 1. The number of hydrogen-bond acceptors (Lipinski definition) is 7. The van der Waals surface area contributed by atoms with Crippen LogP contribution in [0.2, 0.25) is 0 Å². The van der Waals surface area contributed by atoms with Gasteiger partial charge in [-0.3, -0.25) is 19.7 Å². The molecule has 3 aliphatic heterocycles. The van der Waals surface area contributed by atoms with Crippen LogP contribution in [0.25, 0.3) is 0 Å². The van der Waals surface area contributed by atoms with Crippen LogP contribution in [-0.2, 0) is 25.7 Å².